The summed E-state index contributed by atoms with van der Waals surface area (Å²) in [6, 6.07) is 3.88. The van der Waals surface area contributed by atoms with Crippen LogP contribution in [0.1, 0.15) is 11.3 Å². The maximum absolute atomic E-state index is 5.86. The average Bonchev–Trinajstić information content (AvgIpc) is 2.65. The van der Waals surface area contributed by atoms with Gasteiger partial charge in [-0.05, 0) is 19.1 Å². The first-order valence-electron chi connectivity index (χ1n) is 5.12. The van der Waals surface area contributed by atoms with Crippen molar-refractivity contribution < 1.29 is 4.42 Å². The Balaban J connectivity index is 2.18. The van der Waals surface area contributed by atoms with Gasteiger partial charge in [-0.15, -0.1) is 0 Å². The number of nitrogens with zero attached hydrogens (tertiary/aromatic N) is 2. The van der Waals surface area contributed by atoms with Crippen molar-refractivity contribution in [2.45, 2.75) is 13.5 Å². The zero-order chi connectivity index (χ0) is 11.5. The van der Waals surface area contributed by atoms with Crippen molar-refractivity contribution in [2.24, 2.45) is 0 Å². The van der Waals surface area contributed by atoms with Gasteiger partial charge in [0.25, 0.3) is 0 Å². The van der Waals surface area contributed by atoms with Gasteiger partial charge in [0.2, 0.25) is 0 Å². The van der Waals surface area contributed by atoms with Crippen molar-refractivity contribution in [3.8, 4) is 0 Å². The Bertz CT molecular complexity index is 479. The van der Waals surface area contributed by atoms with Gasteiger partial charge in [0, 0.05) is 25.4 Å². The quantitative estimate of drug-likeness (QED) is 0.856. The van der Waals surface area contributed by atoms with Crippen LogP contribution in [0.5, 0.6) is 0 Å². The van der Waals surface area contributed by atoms with Crippen LogP contribution in [-0.4, -0.2) is 12.0 Å². The lowest BCUT2D eigenvalue weighted by Gasteiger charge is -2.20. The molecule has 0 aromatic carbocycles. The van der Waals surface area contributed by atoms with Crippen LogP contribution in [0.25, 0.3) is 0 Å². The van der Waals surface area contributed by atoms with Crippen molar-refractivity contribution in [3.05, 3.63) is 42.1 Å². The van der Waals surface area contributed by atoms with E-state index in [4.69, 9.17) is 10.2 Å². The van der Waals surface area contributed by atoms with Crippen LogP contribution in [0.3, 0.4) is 0 Å². The Morgan fingerprint density at radius 1 is 1.44 bits per heavy atom. The number of nitrogens with two attached hydrogens (primary N) is 1. The van der Waals surface area contributed by atoms with E-state index in [0.717, 1.165) is 18.0 Å². The summed E-state index contributed by atoms with van der Waals surface area (Å²) in [7, 11) is 2.00. The van der Waals surface area contributed by atoms with E-state index in [1.807, 2.05) is 26.1 Å². The fourth-order valence-electron chi connectivity index (χ4n) is 1.66. The number of aromatic nitrogens is 1. The molecule has 2 aromatic heterocycles. The molecule has 0 aliphatic heterocycles. The minimum absolute atomic E-state index is 0.686. The topological polar surface area (TPSA) is 55.3 Å². The number of furan rings is 1. The third kappa shape index (κ3) is 2.00. The molecule has 0 atom stereocenters. The Hall–Kier alpha value is -1.97. The molecule has 2 heterocycles. The number of rotatable bonds is 3. The average molecular weight is 217 g/mol. The second-order valence-electron chi connectivity index (χ2n) is 3.79. The molecule has 84 valence electrons. The maximum atomic E-state index is 5.86. The highest BCUT2D eigenvalue weighted by Crippen LogP contribution is 2.22. The van der Waals surface area contributed by atoms with Gasteiger partial charge in [-0.1, -0.05) is 0 Å². The standard InChI is InChI=1S/C12H15N3O/c1-9-10(4-6-16-9)8-15(2)12-3-5-14-7-11(12)13/h3-7H,8,13H2,1-2H3. The van der Waals surface area contributed by atoms with Crippen molar-refractivity contribution in [1.29, 1.82) is 0 Å². The first-order chi connectivity index (χ1) is 7.68. The van der Waals surface area contributed by atoms with E-state index >= 15 is 0 Å². The Morgan fingerprint density at radius 3 is 2.88 bits per heavy atom. The summed E-state index contributed by atoms with van der Waals surface area (Å²) in [6.07, 6.45) is 5.10. The predicted octanol–water partition coefficient (Wildman–Crippen LogP) is 2.20. The normalized spacial score (nSPS) is 10.4. The lowest BCUT2D eigenvalue weighted by molar-refractivity contribution is 0.529. The van der Waals surface area contributed by atoms with Crippen LogP contribution in [0, 0.1) is 6.92 Å². The van der Waals surface area contributed by atoms with Crippen LogP contribution in [0.2, 0.25) is 0 Å². The Labute approximate surface area is 94.7 Å². The number of hydrogen-bond donors (Lipinski definition) is 1. The van der Waals surface area contributed by atoms with E-state index in [-0.39, 0.29) is 0 Å². The molecule has 0 unspecified atom stereocenters. The zero-order valence-electron chi connectivity index (χ0n) is 9.47. The first kappa shape index (κ1) is 10.5. The first-order valence-corrected chi connectivity index (χ1v) is 5.12. The van der Waals surface area contributed by atoms with E-state index < -0.39 is 0 Å². The fourth-order valence-corrected chi connectivity index (χ4v) is 1.66. The monoisotopic (exact) mass is 217 g/mol. The molecule has 4 nitrogen and oxygen atoms in total. The van der Waals surface area contributed by atoms with Gasteiger partial charge in [0.15, 0.2) is 0 Å². The van der Waals surface area contributed by atoms with E-state index in [1.54, 1.807) is 18.7 Å². The highest BCUT2D eigenvalue weighted by molar-refractivity contribution is 5.65. The van der Waals surface area contributed by atoms with Gasteiger partial charge in [0.05, 0.1) is 23.8 Å². The van der Waals surface area contributed by atoms with Crippen LogP contribution < -0.4 is 10.6 Å². The number of hydrogen-bond acceptors (Lipinski definition) is 4. The summed E-state index contributed by atoms with van der Waals surface area (Å²) in [5.41, 5.74) is 8.69. The highest BCUT2D eigenvalue weighted by Gasteiger charge is 2.08. The van der Waals surface area contributed by atoms with Gasteiger partial charge < -0.3 is 15.1 Å². The summed E-state index contributed by atoms with van der Waals surface area (Å²) in [5.74, 6) is 0.944. The predicted molar refractivity (Wildman–Crippen MR) is 64.2 cm³/mol. The largest absolute Gasteiger partial charge is 0.469 e. The molecule has 0 aliphatic rings. The number of anilines is 2. The molecule has 0 fully saturated rings. The molecular formula is C12H15N3O. The number of aryl methyl sites for hydroxylation is 1. The molecule has 0 bridgehead atoms. The minimum Gasteiger partial charge on any atom is -0.469 e. The van der Waals surface area contributed by atoms with E-state index in [2.05, 4.69) is 9.88 Å². The van der Waals surface area contributed by atoms with Crippen LogP contribution in [-0.2, 0) is 6.54 Å². The maximum Gasteiger partial charge on any atom is 0.105 e. The molecule has 2 aromatic rings. The van der Waals surface area contributed by atoms with Gasteiger partial charge >= 0.3 is 0 Å². The SMILES string of the molecule is Cc1occc1CN(C)c1ccncc1N. The number of pyridine rings is 1. The highest BCUT2D eigenvalue weighted by atomic mass is 16.3. The molecule has 0 aliphatic carbocycles. The zero-order valence-corrected chi connectivity index (χ0v) is 9.47. The van der Waals surface area contributed by atoms with Crippen molar-refractivity contribution in [1.82, 2.24) is 4.98 Å². The summed E-state index contributed by atoms with van der Waals surface area (Å²) < 4.78 is 5.26. The van der Waals surface area contributed by atoms with Crippen LogP contribution in [0.4, 0.5) is 11.4 Å². The van der Waals surface area contributed by atoms with E-state index in [1.165, 1.54) is 5.56 Å². The molecule has 0 spiro atoms. The molecular weight excluding hydrogens is 202 g/mol. The molecule has 0 radical (unpaired) electrons. The van der Waals surface area contributed by atoms with Gasteiger partial charge in [-0.3, -0.25) is 4.98 Å². The molecule has 2 N–H and O–H groups in total. The van der Waals surface area contributed by atoms with Crippen LogP contribution in [0.15, 0.2) is 35.2 Å². The summed E-state index contributed by atoms with van der Waals surface area (Å²) in [5, 5.41) is 0. The smallest absolute Gasteiger partial charge is 0.105 e. The lowest BCUT2D eigenvalue weighted by Crippen LogP contribution is -2.17. The third-order valence-corrected chi connectivity index (χ3v) is 2.61. The van der Waals surface area contributed by atoms with Crippen molar-refractivity contribution in [2.75, 3.05) is 17.7 Å². The third-order valence-electron chi connectivity index (χ3n) is 2.61. The summed E-state index contributed by atoms with van der Waals surface area (Å²) >= 11 is 0. The van der Waals surface area contributed by atoms with E-state index in [9.17, 15) is 0 Å². The molecule has 2 rings (SSSR count). The van der Waals surface area contributed by atoms with Crippen molar-refractivity contribution in [3.63, 3.8) is 0 Å². The molecule has 4 heteroatoms. The molecule has 16 heavy (non-hydrogen) atoms. The number of nitrogen functional groups attached to an aromatic ring is 1. The van der Waals surface area contributed by atoms with E-state index in [0.29, 0.717) is 5.69 Å². The molecule has 0 saturated carbocycles. The van der Waals surface area contributed by atoms with Gasteiger partial charge in [-0.2, -0.15) is 0 Å². The lowest BCUT2D eigenvalue weighted by atomic mass is 10.2. The Morgan fingerprint density at radius 2 is 2.25 bits per heavy atom. The molecule has 0 amide bonds. The minimum atomic E-state index is 0.686. The van der Waals surface area contributed by atoms with Gasteiger partial charge in [0.1, 0.15) is 5.76 Å². The summed E-state index contributed by atoms with van der Waals surface area (Å²) in [6.45, 7) is 2.73. The Kier molecular flexibility index (Phi) is 2.81. The second-order valence-corrected chi connectivity index (χ2v) is 3.79. The fraction of sp³-hybridized carbons (Fsp3) is 0.250. The van der Waals surface area contributed by atoms with Crippen molar-refractivity contribution >= 4 is 11.4 Å². The van der Waals surface area contributed by atoms with Crippen LogP contribution >= 0.6 is 0 Å². The summed E-state index contributed by atoms with van der Waals surface area (Å²) in [4.78, 5) is 6.05. The molecule has 0 saturated heterocycles. The second kappa shape index (κ2) is 4.26. The van der Waals surface area contributed by atoms with Gasteiger partial charge in [-0.25, -0.2) is 0 Å².